The van der Waals surface area contributed by atoms with Crippen LogP contribution < -0.4 is 5.32 Å². The third-order valence-electron chi connectivity index (χ3n) is 3.63. The number of rotatable bonds is 5. The van der Waals surface area contributed by atoms with Crippen LogP contribution in [0.25, 0.3) is 0 Å². The second kappa shape index (κ2) is 11.8. The van der Waals surface area contributed by atoms with Crippen LogP contribution in [-0.4, -0.2) is 93.3 Å². The molecule has 0 atom stereocenters. The summed E-state index contributed by atoms with van der Waals surface area (Å²) >= 11 is 0. The highest BCUT2D eigenvalue weighted by molar-refractivity contribution is 14.0. The van der Waals surface area contributed by atoms with Crippen molar-refractivity contribution in [2.75, 3.05) is 66.5 Å². The minimum atomic E-state index is -0.218. The number of nitrogens with zero attached hydrogens (tertiary/aromatic N) is 4. The topological polar surface area (TPSA) is 60.4 Å². The molecule has 8 heteroatoms. The van der Waals surface area contributed by atoms with Crippen molar-refractivity contribution < 1.29 is 9.53 Å². The minimum absolute atomic E-state index is 0. The molecule has 1 rings (SSSR count). The number of hydrogen-bond donors (Lipinski definition) is 1. The first-order valence-corrected chi connectivity index (χ1v) is 7.68. The fourth-order valence-corrected chi connectivity index (χ4v) is 2.16. The summed E-state index contributed by atoms with van der Waals surface area (Å²) in [6.07, 6.45) is -0.218. The molecule has 0 unspecified atom stereocenters. The normalized spacial score (nSPS) is 15.6. The van der Waals surface area contributed by atoms with Crippen LogP contribution in [-0.2, 0) is 4.74 Å². The Morgan fingerprint density at radius 1 is 1.23 bits per heavy atom. The number of piperazine rings is 1. The van der Waals surface area contributed by atoms with Crippen LogP contribution in [0.5, 0.6) is 0 Å². The largest absolute Gasteiger partial charge is 0.450 e. The van der Waals surface area contributed by atoms with E-state index >= 15 is 0 Å². The van der Waals surface area contributed by atoms with Crippen LogP contribution in [0.4, 0.5) is 4.79 Å². The Labute approximate surface area is 151 Å². The predicted octanol–water partition coefficient (Wildman–Crippen LogP) is 0.906. The molecule has 0 spiro atoms. The van der Waals surface area contributed by atoms with Gasteiger partial charge in [-0.1, -0.05) is 6.92 Å². The highest BCUT2D eigenvalue weighted by Gasteiger charge is 2.23. The van der Waals surface area contributed by atoms with E-state index in [1.165, 1.54) is 0 Å². The number of likely N-dealkylation sites (N-methyl/N-ethyl adjacent to an activating group) is 1. The molecular weight excluding hydrogens is 397 g/mol. The highest BCUT2D eigenvalue weighted by Crippen LogP contribution is 2.04. The van der Waals surface area contributed by atoms with Gasteiger partial charge in [0.1, 0.15) is 0 Å². The van der Waals surface area contributed by atoms with E-state index in [1.54, 1.807) is 11.9 Å². The van der Waals surface area contributed by atoms with Gasteiger partial charge in [-0.25, -0.2) is 4.79 Å². The number of guanidine groups is 1. The molecule has 1 aliphatic heterocycles. The summed E-state index contributed by atoms with van der Waals surface area (Å²) in [5, 5.41) is 3.37. The molecule has 0 bridgehead atoms. The van der Waals surface area contributed by atoms with Crippen LogP contribution >= 0.6 is 24.0 Å². The van der Waals surface area contributed by atoms with Gasteiger partial charge in [0.15, 0.2) is 5.96 Å². The Morgan fingerprint density at radius 2 is 1.82 bits per heavy atom. The quantitative estimate of drug-likeness (QED) is 0.402. The van der Waals surface area contributed by atoms with Gasteiger partial charge in [-0.15, -0.1) is 24.0 Å². The van der Waals surface area contributed by atoms with Crippen LogP contribution in [0.15, 0.2) is 4.99 Å². The van der Waals surface area contributed by atoms with Crippen molar-refractivity contribution >= 4 is 36.0 Å². The van der Waals surface area contributed by atoms with Crippen LogP contribution in [0.3, 0.4) is 0 Å². The summed E-state index contributed by atoms with van der Waals surface area (Å²) in [5.74, 6) is 0.906. The average molecular weight is 427 g/mol. The van der Waals surface area contributed by atoms with Crippen molar-refractivity contribution in [2.24, 2.45) is 4.99 Å². The van der Waals surface area contributed by atoms with Gasteiger partial charge in [-0.05, 0) is 20.5 Å². The maximum Gasteiger partial charge on any atom is 0.409 e. The molecule has 1 aliphatic rings. The molecule has 130 valence electrons. The Bertz CT molecular complexity index is 346. The van der Waals surface area contributed by atoms with E-state index in [4.69, 9.17) is 4.74 Å². The number of hydrogen-bond acceptors (Lipinski definition) is 4. The maximum absolute atomic E-state index is 11.7. The Morgan fingerprint density at radius 3 is 2.32 bits per heavy atom. The first-order valence-electron chi connectivity index (χ1n) is 7.68. The molecule has 1 heterocycles. The van der Waals surface area contributed by atoms with Crippen LogP contribution in [0.1, 0.15) is 13.8 Å². The molecule has 1 saturated heterocycles. The first kappa shape index (κ1) is 21.2. The third-order valence-corrected chi connectivity index (χ3v) is 3.63. The molecule has 1 amide bonds. The van der Waals surface area contributed by atoms with E-state index in [0.717, 1.165) is 38.7 Å². The molecular formula is C14H30IN5O2. The standard InChI is InChI=1S/C14H29N5O2.HI/c1-5-17(4)8-7-16-13(15-3)18-9-11-19(12-10-18)14(20)21-6-2;/h5-12H2,1-4H3,(H,15,16);1H. The molecule has 0 aliphatic carbocycles. The number of ether oxygens (including phenoxy) is 1. The molecule has 7 nitrogen and oxygen atoms in total. The zero-order valence-electron chi connectivity index (χ0n) is 14.2. The van der Waals surface area contributed by atoms with E-state index in [-0.39, 0.29) is 30.1 Å². The van der Waals surface area contributed by atoms with Gasteiger partial charge in [0, 0.05) is 46.3 Å². The fourth-order valence-electron chi connectivity index (χ4n) is 2.16. The minimum Gasteiger partial charge on any atom is -0.450 e. The molecule has 0 radical (unpaired) electrons. The zero-order chi connectivity index (χ0) is 15.7. The van der Waals surface area contributed by atoms with Crippen molar-refractivity contribution in [3.05, 3.63) is 0 Å². The Balaban J connectivity index is 0.00000441. The van der Waals surface area contributed by atoms with Gasteiger partial charge in [0.25, 0.3) is 0 Å². The van der Waals surface area contributed by atoms with Gasteiger partial charge >= 0.3 is 6.09 Å². The second-order valence-corrected chi connectivity index (χ2v) is 5.04. The molecule has 0 aromatic heterocycles. The maximum atomic E-state index is 11.7. The van der Waals surface area contributed by atoms with E-state index in [9.17, 15) is 4.79 Å². The lowest BCUT2D eigenvalue weighted by molar-refractivity contribution is 0.0914. The van der Waals surface area contributed by atoms with E-state index in [0.29, 0.717) is 19.7 Å². The van der Waals surface area contributed by atoms with Gasteiger partial charge in [0.05, 0.1) is 6.61 Å². The number of carbonyl (C=O) groups excluding carboxylic acids is 1. The predicted molar refractivity (Wildman–Crippen MR) is 100 cm³/mol. The lowest BCUT2D eigenvalue weighted by Gasteiger charge is -2.36. The van der Waals surface area contributed by atoms with Crippen molar-refractivity contribution in [1.82, 2.24) is 20.0 Å². The summed E-state index contributed by atoms with van der Waals surface area (Å²) in [7, 11) is 3.89. The van der Waals surface area contributed by atoms with Gasteiger partial charge in [0.2, 0.25) is 0 Å². The summed E-state index contributed by atoms with van der Waals surface area (Å²) in [6.45, 7) is 10.2. The average Bonchev–Trinajstić information content (AvgIpc) is 2.51. The van der Waals surface area contributed by atoms with Crippen molar-refractivity contribution in [3.63, 3.8) is 0 Å². The number of amides is 1. The van der Waals surface area contributed by atoms with E-state index in [1.807, 2.05) is 6.92 Å². The van der Waals surface area contributed by atoms with Gasteiger partial charge < -0.3 is 24.8 Å². The smallest absolute Gasteiger partial charge is 0.409 e. The molecule has 22 heavy (non-hydrogen) atoms. The molecule has 0 aromatic carbocycles. The summed E-state index contributed by atoms with van der Waals surface area (Å²) < 4.78 is 5.02. The lowest BCUT2D eigenvalue weighted by Crippen LogP contribution is -2.54. The van der Waals surface area contributed by atoms with Crippen LogP contribution in [0.2, 0.25) is 0 Å². The molecule has 1 N–H and O–H groups in total. The first-order chi connectivity index (χ1) is 10.1. The van der Waals surface area contributed by atoms with E-state index in [2.05, 4.69) is 34.1 Å². The number of halogens is 1. The van der Waals surface area contributed by atoms with Crippen molar-refractivity contribution in [3.8, 4) is 0 Å². The summed E-state index contributed by atoms with van der Waals surface area (Å²) in [4.78, 5) is 22.2. The lowest BCUT2D eigenvalue weighted by atomic mass is 10.3. The second-order valence-electron chi connectivity index (χ2n) is 5.04. The number of carbonyl (C=O) groups is 1. The number of nitrogens with one attached hydrogen (secondary N) is 1. The van der Waals surface area contributed by atoms with Gasteiger partial charge in [-0.2, -0.15) is 0 Å². The van der Waals surface area contributed by atoms with Crippen molar-refractivity contribution in [1.29, 1.82) is 0 Å². The highest BCUT2D eigenvalue weighted by atomic mass is 127. The molecule has 0 saturated carbocycles. The Kier molecular flexibility index (Phi) is 11.3. The monoisotopic (exact) mass is 427 g/mol. The molecule has 1 fully saturated rings. The van der Waals surface area contributed by atoms with Crippen molar-refractivity contribution in [2.45, 2.75) is 13.8 Å². The van der Waals surface area contributed by atoms with Crippen LogP contribution in [0, 0.1) is 0 Å². The molecule has 0 aromatic rings. The zero-order valence-corrected chi connectivity index (χ0v) is 16.5. The van der Waals surface area contributed by atoms with E-state index < -0.39 is 0 Å². The summed E-state index contributed by atoms with van der Waals surface area (Å²) in [6, 6.07) is 0. The number of aliphatic imine (C=N–C) groups is 1. The fraction of sp³-hybridized carbons (Fsp3) is 0.857. The third kappa shape index (κ3) is 6.99. The summed E-state index contributed by atoms with van der Waals surface area (Å²) in [5.41, 5.74) is 0. The van der Waals surface area contributed by atoms with Gasteiger partial charge in [-0.3, -0.25) is 4.99 Å². The Hall–Kier alpha value is -0.770. The SMILES string of the molecule is CCOC(=O)N1CCN(C(=NC)NCCN(C)CC)CC1.I.